The Morgan fingerprint density at radius 3 is 2.42 bits per heavy atom. The summed E-state index contributed by atoms with van der Waals surface area (Å²) >= 11 is 0. The molecule has 0 radical (unpaired) electrons. The molecule has 0 atom stereocenters. The first-order valence-electron chi connectivity index (χ1n) is 7.98. The molecule has 0 aliphatic carbocycles. The molecule has 0 aliphatic heterocycles. The van der Waals surface area contributed by atoms with E-state index in [-0.39, 0.29) is 12.5 Å². The Hall–Kier alpha value is -2.83. The molecule has 7 heteroatoms. The van der Waals surface area contributed by atoms with Crippen LogP contribution in [0.2, 0.25) is 0 Å². The highest BCUT2D eigenvalue weighted by molar-refractivity contribution is 6.01. The number of nitrogens with one attached hydrogen (secondary N) is 1. The number of carbonyl (C=O) groups excluding carboxylic acids is 2. The highest BCUT2D eigenvalue weighted by atomic mass is 16.5. The van der Waals surface area contributed by atoms with E-state index in [4.69, 9.17) is 4.74 Å². The van der Waals surface area contributed by atoms with Gasteiger partial charge in [-0.1, -0.05) is 18.2 Å². The van der Waals surface area contributed by atoms with Crippen molar-refractivity contribution in [2.24, 2.45) is 0 Å². The Labute approximate surface area is 141 Å². The molecule has 0 fully saturated rings. The molecule has 0 aliphatic rings. The molecule has 1 heterocycles. The largest absolute Gasteiger partial charge is 0.450 e. The van der Waals surface area contributed by atoms with Gasteiger partial charge in [0.15, 0.2) is 5.82 Å². The fourth-order valence-electron chi connectivity index (χ4n) is 2.34. The van der Waals surface area contributed by atoms with Crippen LogP contribution in [0.3, 0.4) is 0 Å². The number of ether oxygens (including phenoxy) is 1. The van der Waals surface area contributed by atoms with Crippen LogP contribution >= 0.6 is 0 Å². The highest BCUT2D eigenvalue weighted by Gasteiger charge is 2.23. The molecule has 1 aromatic carbocycles. The summed E-state index contributed by atoms with van der Waals surface area (Å²) in [4.78, 5) is 26.2. The molecule has 2 aromatic rings. The number of anilines is 1. The van der Waals surface area contributed by atoms with Crippen molar-refractivity contribution in [2.75, 3.05) is 25.0 Å². The maximum Gasteiger partial charge on any atom is 0.412 e. The Kier molecular flexibility index (Phi) is 5.95. The lowest BCUT2D eigenvalue weighted by atomic mass is 10.2. The Balaban J connectivity index is 2.46. The predicted octanol–water partition coefficient (Wildman–Crippen LogP) is 2.92. The lowest BCUT2D eigenvalue weighted by Gasteiger charge is -2.19. The van der Waals surface area contributed by atoms with Crippen LogP contribution in [0.4, 0.5) is 10.6 Å². The van der Waals surface area contributed by atoms with E-state index in [9.17, 15) is 9.59 Å². The van der Waals surface area contributed by atoms with Crippen molar-refractivity contribution >= 4 is 17.8 Å². The number of aromatic nitrogens is 2. The van der Waals surface area contributed by atoms with Gasteiger partial charge in [0.1, 0.15) is 5.56 Å². The second-order valence-corrected chi connectivity index (χ2v) is 4.98. The van der Waals surface area contributed by atoms with Crippen LogP contribution in [0.5, 0.6) is 0 Å². The van der Waals surface area contributed by atoms with Crippen molar-refractivity contribution in [2.45, 2.75) is 20.8 Å². The summed E-state index contributed by atoms with van der Waals surface area (Å²) in [5.41, 5.74) is 1.07. The van der Waals surface area contributed by atoms with Gasteiger partial charge >= 0.3 is 6.09 Å². The van der Waals surface area contributed by atoms with Gasteiger partial charge in [-0.25, -0.2) is 9.48 Å². The molecule has 24 heavy (non-hydrogen) atoms. The number of carbonyl (C=O) groups is 2. The van der Waals surface area contributed by atoms with Gasteiger partial charge in [0.25, 0.3) is 5.91 Å². The summed E-state index contributed by atoms with van der Waals surface area (Å²) in [6.45, 7) is 6.92. The number of para-hydroxylation sites is 1. The molecule has 7 nitrogen and oxygen atoms in total. The molecular weight excluding hydrogens is 308 g/mol. The lowest BCUT2D eigenvalue weighted by Crippen LogP contribution is -2.31. The van der Waals surface area contributed by atoms with Crippen LogP contribution in [-0.4, -0.2) is 46.4 Å². The molecule has 2 amide bonds. The predicted molar refractivity (Wildman–Crippen MR) is 91.5 cm³/mol. The van der Waals surface area contributed by atoms with Gasteiger partial charge in [-0.05, 0) is 32.9 Å². The van der Waals surface area contributed by atoms with E-state index in [1.165, 1.54) is 10.9 Å². The van der Waals surface area contributed by atoms with E-state index in [1.54, 1.807) is 11.8 Å². The minimum Gasteiger partial charge on any atom is -0.450 e. The molecule has 1 aromatic heterocycles. The molecule has 0 saturated carbocycles. The third kappa shape index (κ3) is 3.73. The molecular formula is C17H22N4O3. The number of rotatable bonds is 6. The van der Waals surface area contributed by atoms with Crippen molar-refractivity contribution in [3.05, 3.63) is 42.1 Å². The maximum absolute atomic E-state index is 12.7. The van der Waals surface area contributed by atoms with Gasteiger partial charge in [0.2, 0.25) is 0 Å². The average molecular weight is 330 g/mol. The van der Waals surface area contributed by atoms with Crippen molar-refractivity contribution in [1.29, 1.82) is 0 Å². The van der Waals surface area contributed by atoms with Crippen molar-refractivity contribution in [1.82, 2.24) is 14.7 Å². The number of benzene rings is 1. The second kappa shape index (κ2) is 8.14. The third-order valence-corrected chi connectivity index (χ3v) is 3.55. The summed E-state index contributed by atoms with van der Waals surface area (Å²) in [7, 11) is 0. The zero-order valence-electron chi connectivity index (χ0n) is 14.2. The minimum absolute atomic E-state index is 0.186. The first-order chi connectivity index (χ1) is 11.6. The van der Waals surface area contributed by atoms with Gasteiger partial charge in [-0.2, -0.15) is 5.10 Å². The molecule has 0 unspecified atom stereocenters. The van der Waals surface area contributed by atoms with Gasteiger partial charge in [-0.3, -0.25) is 10.1 Å². The summed E-state index contributed by atoms with van der Waals surface area (Å²) in [5, 5.41) is 6.90. The minimum atomic E-state index is -0.622. The first-order valence-corrected chi connectivity index (χ1v) is 7.98. The van der Waals surface area contributed by atoms with Gasteiger partial charge in [-0.15, -0.1) is 0 Å². The van der Waals surface area contributed by atoms with E-state index in [0.29, 0.717) is 24.5 Å². The third-order valence-electron chi connectivity index (χ3n) is 3.55. The number of hydrogen-bond donors (Lipinski definition) is 1. The maximum atomic E-state index is 12.7. The Morgan fingerprint density at radius 2 is 1.83 bits per heavy atom. The quantitative estimate of drug-likeness (QED) is 0.883. The lowest BCUT2D eigenvalue weighted by molar-refractivity contribution is 0.0774. The number of amides is 2. The van der Waals surface area contributed by atoms with Crippen molar-refractivity contribution in [3.63, 3.8) is 0 Å². The number of nitrogens with zero attached hydrogens (tertiary/aromatic N) is 3. The van der Waals surface area contributed by atoms with E-state index >= 15 is 0 Å². The summed E-state index contributed by atoms with van der Waals surface area (Å²) < 4.78 is 6.46. The molecule has 0 saturated heterocycles. The average Bonchev–Trinajstić information content (AvgIpc) is 3.00. The summed E-state index contributed by atoms with van der Waals surface area (Å²) in [6.07, 6.45) is 0.846. The standard InChI is InChI=1S/C17H22N4O3/c1-4-20(5-2)16(22)14-12-18-21(13-10-8-7-9-11-13)15(14)19-17(23)24-6-3/h7-12H,4-6H2,1-3H3,(H,19,23). The molecule has 2 rings (SSSR count). The van der Waals surface area contributed by atoms with Crippen LogP contribution in [0.25, 0.3) is 5.69 Å². The van der Waals surface area contributed by atoms with Crippen LogP contribution < -0.4 is 5.32 Å². The zero-order valence-corrected chi connectivity index (χ0v) is 14.2. The normalized spacial score (nSPS) is 10.3. The Morgan fingerprint density at radius 1 is 1.17 bits per heavy atom. The van der Waals surface area contributed by atoms with Gasteiger partial charge < -0.3 is 9.64 Å². The van der Waals surface area contributed by atoms with Crippen LogP contribution in [-0.2, 0) is 4.74 Å². The van der Waals surface area contributed by atoms with Crippen LogP contribution in [0, 0.1) is 0 Å². The smallest absolute Gasteiger partial charge is 0.412 e. The van der Waals surface area contributed by atoms with Crippen LogP contribution in [0.15, 0.2) is 36.5 Å². The van der Waals surface area contributed by atoms with E-state index in [1.807, 2.05) is 44.2 Å². The van der Waals surface area contributed by atoms with Crippen molar-refractivity contribution in [3.8, 4) is 5.69 Å². The summed E-state index contributed by atoms with van der Waals surface area (Å²) in [5.74, 6) is 0.116. The van der Waals surface area contributed by atoms with Crippen molar-refractivity contribution < 1.29 is 14.3 Å². The first kappa shape index (κ1) is 17.5. The molecule has 1 N–H and O–H groups in total. The monoisotopic (exact) mass is 330 g/mol. The topological polar surface area (TPSA) is 76.5 Å². The van der Waals surface area contributed by atoms with Gasteiger partial charge in [0.05, 0.1) is 18.5 Å². The molecule has 128 valence electrons. The zero-order chi connectivity index (χ0) is 17.5. The van der Waals surface area contributed by atoms with E-state index < -0.39 is 6.09 Å². The summed E-state index contributed by atoms with van der Waals surface area (Å²) in [6, 6.07) is 9.28. The van der Waals surface area contributed by atoms with Gasteiger partial charge in [0, 0.05) is 13.1 Å². The Bertz CT molecular complexity index is 693. The van der Waals surface area contributed by atoms with Crippen LogP contribution in [0.1, 0.15) is 31.1 Å². The van der Waals surface area contributed by atoms with E-state index in [2.05, 4.69) is 10.4 Å². The molecule has 0 spiro atoms. The fourth-order valence-corrected chi connectivity index (χ4v) is 2.34. The molecule has 0 bridgehead atoms. The highest BCUT2D eigenvalue weighted by Crippen LogP contribution is 2.22. The second-order valence-electron chi connectivity index (χ2n) is 4.98. The van der Waals surface area contributed by atoms with E-state index in [0.717, 1.165) is 5.69 Å². The number of hydrogen-bond acceptors (Lipinski definition) is 4. The SMILES string of the molecule is CCOC(=O)Nc1c(C(=O)N(CC)CC)cnn1-c1ccccc1. The fraction of sp³-hybridized carbons (Fsp3) is 0.353.